The Morgan fingerprint density at radius 3 is 2.57 bits per heavy atom. The first-order valence-corrected chi connectivity index (χ1v) is 8.68. The van der Waals surface area contributed by atoms with Crippen LogP contribution in [0, 0.1) is 10.1 Å². The molecule has 0 unspecified atom stereocenters. The van der Waals surface area contributed by atoms with E-state index in [9.17, 15) is 0 Å². The highest BCUT2D eigenvalue weighted by molar-refractivity contribution is 6.37. The average Bonchev–Trinajstić information content (AvgIpc) is 3.15. The van der Waals surface area contributed by atoms with Crippen LogP contribution < -0.4 is 0 Å². The van der Waals surface area contributed by atoms with Gasteiger partial charge in [0.1, 0.15) is 12.3 Å². The van der Waals surface area contributed by atoms with E-state index in [2.05, 4.69) is 10.1 Å². The number of oxime groups is 1. The molecule has 0 bridgehead atoms. The van der Waals surface area contributed by atoms with Crippen molar-refractivity contribution in [3.63, 3.8) is 0 Å². The minimum absolute atomic E-state index is 0.388. The van der Waals surface area contributed by atoms with E-state index in [0.29, 0.717) is 28.9 Å². The molecule has 0 radical (unpaired) electrons. The van der Waals surface area contributed by atoms with Gasteiger partial charge in [-0.25, -0.2) is 4.98 Å². The van der Waals surface area contributed by atoms with Gasteiger partial charge in [0.2, 0.25) is 0 Å². The van der Waals surface area contributed by atoms with Gasteiger partial charge in [0.05, 0.1) is 17.9 Å². The third-order valence-corrected chi connectivity index (χ3v) is 3.93. The standard InChI is InChI=1S/C18H15Cl2N3O.HNO3/c19-15-6-7-16(17(20)10-15)18(11-23-9-8-21-13-23)22-24-12-14-4-2-1-3-5-14;2-1(3)4/h1-10,13H,11-12H2;(H,2,3,4). The zero-order valence-electron chi connectivity index (χ0n) is 14.5. The zero-order chi connectivity index (χ0) is 20.4. The Balaban J connectivity index is 0.000000640. The maximum atomic E-state index is 8.36. The number of aromatic nitrogens is 2. The topological polar surface area (TPSA) is 103 Å². The monoisotopic (exact) mass is 422 g/mol. The van der Waals surface area contributed by atoms with Crippen molar-refractivity contribution < 1.29 is 15.1 Å². The Kier molecular flexibility index (Phi) is 8.26. The number of halogens is 2. The van der Waals surface area contributed by atoms with Crippen molar-refractivity contribution in [2.75, 3.05) is 0 Å². The predicted molar refractivity (Wildman–Crippen MR) is 105 cm³/mol. The SMILES string of the molecule is Clc1ccc(C(Cn2ccnc2)=NOCc2ccccc2)c(Cl)c1.O=[N+]([O-])O. The highest BCUT2D eigenvalue weighted by Crippen LogP contribution is 2.22. The van der Waals surface area contributed by atoms with Crippen LogP contribution in [0.15, 0.2) is 72.4 Å². The molecule has 0 aliphatic heterocycles. The summed E-state index contributed by atoms with van der Waals surface area (Å²) in [5.74, 6) is 0. The van der Waals surface area contributed by atoms with Crippen LogP contribution in [0.25, 0.3) is 0 Å². The normalized spacial score (nSPS) is 10.7. The molecule has 8 nitrogen and oxygen atoms in total. The number of benzene rings is 2. The first-order chi connectivity index (χ1) is 13.5. The number of hydrogen-bond acceptors (Lipinski definition) is 5. The number of rotatable bonds is 6. The van der Waals surface area contributed by atoms with Gasteiger partial charge in [-0.3, -0.25) is 0 Å². The smallest absolute Gasteiger partial charge is 0.291 e. The van der Waals surface area contributed by atoms with Gasteiger partial charge in [0.15, 0.2) is 0 Å². The summed E-state index contributed by atoms with van der Waals surface area (Å²) in [7, 11) is 0. The Morgan fingerprint density at radius 2 is 1.96 bits per heavy atom. The molecular formula is C18H16Cl2N4O4. The van der Waals surface area contributed by atoms with Gasteiger partial charge < -0.3 is 14.6 Å². The van der Waals surface area contributed by atoms with Gasteiger partial charge in [-0.15, -0.1) is 10.1 Å². The number of nitrogens with zero attached hydrogens (tertiary/aromatic N) is 4. The van der Waals surface area contributed by atoms with Crippen LogP contribution in [0.1, 0.15) is 11.1 Å². The second-order valence-electron chi connectivity index (χ2n) is 5.39. The lowest BCUT2D eigenvalue weighted by molar-refractivity contribution is -0.742. The van der Waals surface area contributed by atoms with E-state index in [1.165, 1.54) is 0 Å². The third-order valence-electron chi connectivity index (χ3n) is 3.38. The Hall–Kier alpha value is -3.10. The van der Waals surface area contributed by atoms with E-state index in [1.54, 1.807) is 24.7 Å². The van der Waals surface area contributed by atoms with Crippen LogP contribution in [0.3, 0.4) is 0 Å². The maximum absolute atomic E-state index is 8.36. The van der Waals surface area contributed by atoms with Crippen molar-refractivity contribution in [3.8, 4) is 0 Å². The summed E-state index contributed by atoms with van der Waals surface area (Å²) in [4.78, 5) is 17.9. The molecule has 1 heterocycles. The molecule has 0 fully saturated rings. The van der Waals surface area contributed by atoms with Crippen LogP contribution in [-0.2, 0) is 18.0 Å². The van der Waals surface area contributed by atoms with Crippen LogP contribution in [-0.4, -0.2) is 25.6 Å². The molecule has 146 valence electrons. The molecule has 0 saturated carbocycles. The van der Waals surface area contributed by atoms with E-state index in [1.807, 2.05) is 47.2 Å². The molecule has 2 aromatic carbocycles. The van der Waals surface area contributed by atoms with Crippen LogP contribution in [0.5, 0.6) is 0 Å². The van der Waals surface area contributed by atoms with Crippen LogP contribution in [0.4, 0.5) is 0 Å². The Bertz CT molecular complexity index is 915. The first-order valence-electron chi connectivity index (χ1n) is 7.93. The summed E-state index contributed by atoms with van der Waals surface area (Å²) < 4.78 is 1.90. The van der Waals surface area contributed by atoms with Crippen molar-refractivity contribution in [2.24, 2.45) is 5.16 Å². The quantitative estimate of drug-likeness (QED) is 0.358. The summed E-state index contributed by atoms with van der Waals surface area (Å²) in [6.07, 6.45) is 5.29. The minimum Gasteiger partial charge on any atom is -0.391 e. The van der Waals surface area contributed by atoms with Crippen molar-refractivity contribution >= 4 is 28.9 Å². The lowest BCUT2D eigenvalue weighted by Gasteiger charge is -2.10. The van der Waals surface area contributed by atoms with Gasteiger partial charge in [0, 0.05) is 23.0 Å². The molecule has 3 aromatic rings. The van der Waals surface area contributed by atoms with Gasteiger partial charge in [-0.05, 0) is 23.8 Å². The molecule has 0 aliphatic rings. The molecule has 10 heteroatoms. The highest BCUT2D eigenvalue weighted by Gasteiger charge is 2.11. The molecular weight excluding hydrogens is 407 g/mol. The summed E-state index contributed by atoms with van der Waals surface area (Å²) >= 11 is 12.3. The molecule has 0 aliphatic carbocycles. The van der Waals surface area contributed by atoms with Crippen LogP contribution >= 0.6 is 23.2 Å². The van der Waals surface area contributed by atoms with E-state index < -0.39 is 5.09 Å². The Morgan fingerprint density at radius 1 is 1.25 bits per heavy atom. The van der Waals surface area contributed by atoms with Crippen LogP contribution in [0.2, 0.25) is 10.0 Å². The fourth-order valence-corrected chi connectivity index (χ4v) is 2.72. The molecule has 28 heavy (non-hydrogen) atoms. The van der Waals surface area contributed by atoms with Crippen molar-refractivity contribution in [3.05, 3.63) is 98.5 Å². The molecule has 1 aromatic heterocycles. The minimum atomic E-state index is -1.50. The zero-order valence-corrected chi connectivity index (χ0v) is 16.0. The van der Waals surface area contributed by atoms with E-state index in [4.69, 9.17) is 43.4 Å². The number of imidazole rings is 1. The lowest BCUT2D eigenvalue weighted by atomic mass is 10.1. The van der Waals surface area contributed by atoms with Crippen molar-refractivity contribution in [1.82, 2.24) is 9.55 Å². The molecule has 3 rings (SSSR count). The molecule has 1 N–H and O–H groups in total. The highest BCUT2D eigenvalue weighted by atomic mass is 35.5. The summed E-state index contributed by atoms with van der Waals surface area (Å²) in [5, 5.41) is 19.0. The molecule has 0 atom stereocenters. The summed E-state index contributed by atoms with van der Waals surface area (Å²) in [6.45, 7) is 0.885. The van der Waals surface area contributed by atoms with Gasteiger partial charge in [0.25, 0.3) is 5.09 Å². The fourth-order valence-electron chi connectivity index (χ4n) is 2.20. The van der Waals surface area contributed by atoms with E-state index in [0.717, 1.165) is 11.1 Å². The second-order valence-corrected chi connectivity index (χ2v) is 6.24. The summed E-state index contributed by atoms with van der Waals surface area (Å²) in [5.41, 5.74) is 2.53. The first kappa shape index (κ1) is 21.2. The van der Waals surface area contributed by atoms with Crippen molar-refractivity contribution in [2.45, 2.75) is 13.2 Å². The van der Waals surface area contributed by atoms with Gasteiger partial charge >= 0.3 is 0 Å². The average molecular weight is 423 g/mol. The molecule has 0 saturated heterocycles. The predicted octanol–water partition coefficient (Wildman–Crippen LogP) is 4.46. The van der Waals surface area contributed by atoms with Crippen molar-refractivity contribution in [1.29, 1.82) is 0 Å². The van der Waals surface area contributed by atoms with E-state index >= 15 is 0 Å². The third kappa shape index (κ3) is 7.26. The molecule has 0 spiro atoms. The summed E-state index contributed by atoms with van der Waals surface area (Å²) in [6, 6.07) is 15.2. The lowest BCUT2D eigenvalue weighted by Crippen LogP contribution is -2.12. The van der Waals surface area contributed by atoms with E-state index in [-0.39, 0.29) is 0 Å². The fraction of sp³-hybridized carbons (Fsp3) is 0.111. The molecule has 0 amide bonds. The van der Waals surface area contributed by atoms with Gasteiger partial charge in [-0.1, -0.05) is 58.7 Å². The largest absolute Gasteiger partial charge is 0.391 e. The Labute approximate surface area is 170 Å². The number of hydrogen-bond donors (Lipinski definition) is 1. The maximum Gasteiger partial charge on any atom is 0.291 e. The second kappa shape index (κ2) is 10.9. The van der Waals surface area contributed by atoms with Gasteiger partial charge in [-0.2, -0.15) is 0 Å².